The fourth-order valence-corrected chi connectivity index (χ4v) is 5.86. The van der Waals surface area contributed by atoms with Gasteiger partial charge in [-0.1, -0.05) is 36.4 Å². The molecule has 0 saturated heterocycles. The first-order chi connectivity index (χ1) is 16.4. The second-order valence-electron chi connectivity index (χ2n) is 7.92. The number of rotatable bonds is 7. The van der Waals surface area contributed by atoms with Crippen LogP contribution in [0.1, 0.15) is 32.1 Å². The Labute approximate surface area is 208 Å². The molecule has 12 heteroatoms. The maximum atomic E-state index is 13.1. The summed E-state index contributed by atoms with van der Waals surface area (Å²) in [6.45, 7) is 2.44. The molecule has 6 nitrogen and oxygen atoms in total. The minimum Gasteiger partial charge on any atom is -0.339 e. The van der Waals surface area contributed by atoms with Crippen LogP contribution in [-0.2, 0) is 29.3 Å². The van der Waals surface area contributed by atoms with E-state index >= 15 is 0 Å². The topological polar surface area (TPSA) is 79.4 Å². The summed E-state index contributed by atoms with van der Waals surface area (Å²) >= 11 is 2.48. The molecule has 0 spiro atoms. The van der Waals surface area contributed by atoms with E-state index in [2.05, 4.69) is 4.98 Å². The summed E-state index contributed by atoms with van der Waals surface area (Å²) in [5.41, 5.74) is 1.11. The van der Waals surface area contributed by atoms with Gasteiger partial charge in [-0.05, 0) is 40.9 Å². The minimum atomic E-state index is -4.42. The quantitative estimate of drug-likeness (QED) is 0.332. The van der Waals surface area contributed by atoms with Gasteiger partial charge in [0.1, 0.15) is 5.69 Å². The number of thiophene rings is 1. The summed E-state index contributed by atoms with van der Waals surface area (Å²) in [7, 11) is -3.75. The molecule has 2 heterocycles. The summed E-state index contributed by atoms with van der Waals surface area (Å²) in [6.07, 6.45) is -3.53. The van der Waals surface area contributed by atoms with Gasteiger partial charge in [0, 0.05) is 22.7 Å². The minimum absolute atomic E-state index is 0.0125. The molecule has 1 N–H and O–H groups in total. The van der Waals surface area contributed by atoms with E-state index in [0.717, 1.165) is 29.5 Å². The van der Waals surface area contributed by atoms with Crippen LogP contribution in [0.25, 0.3) is 10.1 Å². The zero-order chi connectivity index (χ0) is 25.4. The van der Waals surface area contributed by atoms with Gasteiger partial charge in [-0.2, -0.15) is 13.2 Å². The van der Waals surface area contributed by atoms with Crippen molar-refractivity contribution in [1.82, 2.24) is 9.71 Å². The molecule has 2 aromatic carbocycles. The lowest BCUT2D eigenvalue weighted by Crippen LogP contribution is -2.30. The van der Waals surface area contributed by atoms with E-state index in [1.807, 2.05) is 45.3 Å². The number of benzene rings is 2. The Morgan fingerprint density at radius 3 is 2.49 bits per heavy atom. The first-order valence-corrected chi connectivity index (χ1v) is 13.9. The van der Waals surface area contributed by atoms with Crippen molar-refractivity contribution in [3.05, 3.63) is 81.2 Å². The lowest BCUT2D eigenvalue weighted by molar-refractivity contribution is -0.137. The highest BCUT2D eigenvalue weighted by Crippen LogP contribution is 2.36. The monoisotopic (exact) mass is 539 g/mol. The van der Waals surface area contributed by atoms with E-state index in [1.54, 1.807) is 6.92 Å². The molecule has 0 bridgehead atoms. The standard InChI is InChI=1S/C23H20F3N3O3S3/c1-14-20(21(30)28-35(2,31)32)27-22(34-14)29(11-15-6-4-3-5-7-15)12-16-13-33-19-10-17(23(24,25)26)8-9-18(16)19/h3-10,13H,11-12H2,1-2H3,(H,28,30). The van der Waals surface area contributed by atoms with Gasteiger partial charge >= 0.3 is 6.18 Å². The molecule has 0 radical (unpaired) electrons. The van der Waals surface area contributed by atoms with Crippen LogP contribution in [0.4, 0.5) is 18.3 Å². The number of carbonyl (C=O) groups excluding carboxylic acids is 1. The number of nitrogens with one attached hydrogen (secondary N) is 1. The third-order valence-corrected chi connectivity index (χ3v) is 7.69. The van der Waals surface area contributed by atoms with Crippen LogP contribution in [0.15, 0.2) is 53.9 Å². The number of thiazole rings is 1. The fourth-order valence-electron chi connectivity index (χ4n) is 3.53. The average Bonchev–Trinajstić information content (AvgIpc) is 3.35. The maximum absolute atomic E-state index is 13.1. The van der Waals surface area contributed by atoms with E-state index in [0.29, 0.717) is 33.2 Å². The van der Waals surface area contributed by atoms with E-state index in [1.165, 1.54) is 28.7 Å². The summed E-state index contributed by atoms with van der Waals surface area (Å²) in [4.78, 5) is 19.3. The molecular formula is C23H20F3N3O3S3. The van der Waals surface area contributed by atoms with Gasteiger partial charge < -0.3 is 4.90 Å². The number of aromatic nitrogens is 1. The number of amides is 1. The number of carbonyl (C=O) groups is 1. The Balaban J connectivity index is 1.70. The summed E-state index contributed by atoms with van der Waals surface area (Å²) < 4.78 is 64.8. The van der Waals surface area contributed by atoms with Gasteiger partial charge in [0.15, 0.2) is 5.13 Å². The first kappa shape index (κ1) is 25.1. The zero-order valence-corrected chi connectivity index (χ0v) is 21.0. The third kappa shape index (κ3) is 6.00. The maximum Gasteiger partial charge on any atom is 0.416 e. The smallest absolute Gasteiger partial charge is 0.339 e. The average molecular weight is 540 g/mol. The second kappa shape index (κ2) is 9.59. The predicted molar refractivity (Wildman–Crippen MR) is 132 cm³/mol. The van der Waals surface area contributed by atoms with Crippen LogP contribution < -0.4 is 9.62 Å². The van der Waals surface area contributed by atoms with E-state index < -0.39 is 27.7 Å². The fraction of sp³-hybridized carbons (Fsp3) is 0.217. The van der Waals surface area contributed by atoms with Crippen molar-refractivity contribution in [3.8, 4) is 0 Å². The van der Waals surface area contributed by atoms with Gasteiger partial charge in [0.25, 0.3) is 5.91 Å². The normalized spacial score (nSPS) is 12.1. The van der Waals surface area contributed by atoms with E-state index in [4.69, 9.17) is 0 Å². The number of aryl methyl sites for hydroxylation is 1. The van der Waals surface area contributed by atoms with Crippen molar-refractivity contribution in [1.29, 1.82) is 0 Å². The van der Waals surface area contributed by atoms with Crippen LogP contribution in [-0.4, -0.2) is 25.6 Å². The first-order valence-electron chi connectivity index (χ1n) is 10.3. The second-order valence-corrected chi connectivity index (χ2v) is 11.8. The molecule has 0 saturated carbocycles. The molecule has 35 heavy (non-hydrogen) atoms. The van der Waals surface area contributed by atoms with Crippen molar-refractivity contribution in [2.45, 2.75) is 26.2 Å². The van der Waals surface area contributed by atoms with Crippen LogP contribution in [0.2, 0.25) is 0 Å². The SMILES string of the molecule is Cc1sc(N(Cc2ccccc2)Cc2csc3cc(C(F)(F)F)ccc23)nc1C(=O)NS(C)(=O)=O. The summed E-state index contributed by atoms with van der Waals surface area (Å²) in [5, 5.41) is 3.03. The third-order valence-electron chi connectivity index (χ3n) is 5.11. The van der Waals surface area contributed by atoms with Crippen LogP contribution >= 0.6 is 22.7 Å². The number of hydrogen-bond donors (Lipinski definition) is 1. The zero-order valence-electron chi connectivity index (χ0n) is 18.6. The highest BCUT2D eigenvalue weighted by molar-refractivity contribution is 7.89. The van der Waals surface area contributed by atoms with Gasteiger partial charge in [-0.25, -0.2) is 18.1 Å². The van der Waals surface area contributed by atoms with Crippen LogP contribution in [0.5, 0.6) is 0 Å². The molecule has 0 atom stereocenters. The summed E-state index contributed by atoms with van der Waals surface area (Å²) in [5.74, 6) is -0.812. The van der Waals surface area contributed by atoms with Gasteiger partial charge in [0.05, 0.1) is 11.8 Å². The molecule has 0 fully saturated rings. The Hall–Kier alpha value is -2.96. The molecule has 0 unspecified atom stereocenters. The number of fused-ring (bicyclic) bond motifs is 1. The number of halogens is 3. The molecule has 2 aromatic heterocycles. The largest absolute Gasteiger partial charge is 0.416 e. The number of nitrogens with zero attached hydrogens (tertiary/aromatic N) is 2. The molecular weight excluding hydrogens is 519 g/mol. The number of alkyl halides is 3. The van der Waals surface area contributed by atoms with Gasteiger partial charge in [-0.15, -0.1) is 22.7 Å². The van der Waals surface area contributed by atoms with Crippen LogP contribution in [0, 0.1) is 6.92 Å². The molecule has 4 rings (SSSR count). The Morgan fingerprint density at radius 2 is 1.83 bits per heavy atom. The molecule has 0 aliphatic carbocycles. The predicted octanol–water partition coefficient (Wildman–Crippen LogP) is 5.58. The molecule has 1 amide bonds. The number of anilines is 1. The molecule has 0 aliphatic heterocycles. The van der Waals surface area contributed by atoms with E-state index in [-0.39, 0.29) is 5.69 Å². The Bertz CT molecular complexity index is 1480. The Kier molecular flexibility index (Phi) is 6.89. The summed E-state index contributed by atoms with van der Waals surface area (Å²) in [6, 6.07) is 13.2. The van der Waals surface area contributed by atoms with Gasteiger partial charge in [-0.3, -0.25) is 4.79 Å². The van der Waals surface area contributed by atoms with Crippen molar-refractivity contribution < 1.29 is 26.4 Å². The molecule has 4 aromatic rings. The van der Waals surface area contributed by atoms with E-state index in [9.17, 15) is 26.4 Å². The number of hydrogen-bond acceptors (Lipinski definition) is 7. The van der Waals surface area contributed by atoms with Crippen LogP contribution in [0.3, 0.4) is 0 Å². The highest BCUT2D eigenvalue weighted by Gasteiger charge is 2.31. The number of sulfonamides is 1. The highest BCUT2D eigenvalue weighted by atomic mass is 32.2. The lowest BCUT2D eigenvalue weighted by atomic mass is 10.1. The molecule has 0 aliphatic rings. The van der Waals surface area contributed by atoms with Crippen molar-refractivity contribution >= 4 is 53.8 Å². The lowest BCUT2D eigenvalue weighted by Gasteiger charge is -2.22. The van der Waals surface area contributed by atoms with Gasteiger partial charge in [0.2, 0.25) is 10.0 Å². The van der Waals surface area contributed by atoms with Crippen molar-refractivity contribution in [2.75, 3.05) is 11.2 Å². The van der Waals surface area contributed by atoms with Crippen molar-refractivity contribution in [3.63, 3.8) is 0 Å². The molecule has 184 valence electrons. The van der Waals surface area contributed by atoms with Crippen molar-refractivity contribution in [2.24, 2.45) is 0 Å². The Morgan fingerprint density at radius 1 is 1.11 bits per heavy atom.